The van der Waals surface area contributed by atoms with Crippen LogP contribution in [0.2, 0.25) is 0 Å². The molecule has 0 saturated carbocycles. The normalized spacial score (nSPS) is 9.93. The maximum absolute atomic E-state index is 10.6. The van der Waals surface area contributed by atoms with Crippen LogP contribution in [0.5, 0.6) is 0 Å². The minimum Gasteiger partial charge on any atom is -0.298 e. The second kappa shape index (κ2) is 4.31. The van der Waals surface area contributed by atoms with E-state index in [1.165, 1.54) is 6.20 Å². The summed E-state index contributed by atoms with van der Waals surface area (Å²) in [5, 5.41) is 0. The van der Waals surface area contributed by atoms with E-state index in [1.54, 1.807) is 18.5 Å². The first-order chi connectivity index (χ1) is 7.29. The molecule has 2 aromatic rings. The molecular weight excluding hydrogens is 256 g/mol. The van der Waals surface area contributed by atoms with E-state index in [4.69, 9.17) is 0 Å². The van der Waals surface area contributed by atoms with Gasteiger partial charge in [0.25, 0.3) is 0 Å². The first-order valence-corrected chi connectivity index (χ1v) is 5.11. The molecule has 2 aromatic heterocycles. The summed E-state index contributed by atoms with van der Waals surface area (Å²) >= 11 is 3.26. The number of carbonyl (C=O) groups is 1. The first kappa shape index (κ1) is 9.98. The van der Waals surface area contributed by atoms with Crippen molar-refractivity contribution in [2.24, 2.45) is 0 Å². The van der Waals surface area contributed by atoms with Crippen molar-refractivity contribution in [2.75, 3.05) is 0 Å². The number of aldehydes is 1. The number of halogens is 1. The third kappa shape index (κ3) is 2.27. The maximum atomic E-state index is 10.6. The highest BCUT2D eigenvalue weighted by atomic mass is 79.9. The topological polar surface area (TPSA) is 42.9 Å². The lowest BCUT2D eigenvalue weighted by Crippen LogP contribution is -1.86. The maximum Gasteiger partial charge on any atom is 0.151 e. The molecule has 0 radical (unpaired) electrons. The van der Waals surface area contributed by atoms with Crippen molar-refractivity contribution >= 4 is 22.2 Å². The summed E-state index contributed by atoms with van der Waals surface area (Å²) in [7, 11) is 0. The van der Waals surface area contributed by atoms with E-state index in [9.17, 15) is 4.79 Å². The van der Waals surface area contributed by atoms with Crippen LogP contribution in [0.1, 0.15) is 10.4 Å². The van der Waals surface area contributed by atoms with Crippen LogP contribution in [0.15, 0.2) is 41.4 Å². The van der Waals surface area contributed by atoms with E-state index in [-0.39, 0.29) is 0 Å². The van der Waals surface area contributed by atoms with Crippen molar-refractivity contribution in [1.29, 1.82) is 0 Å². The highest BCUT2D eigenvalue weighted by Crippen LogP contribution is 2.19. The lowest BCUT2D eigenvalue weighted by Gasteiger charge is -2.00. The van der Waals surface area contributed by atoms with Gasteiger partial charge in [0.1, 0.15) is 4.60 Å². The molecule has 0 aliphatic carbocycles. The van der Waals surface area contributed by atoms with Crippen LogP contribution in [-0.4, -0.2) is 16.3 Å². The van der Waals surface area contributed by atoms with Gasteiger partial charge in [-0.05, 0) is 28.1 Å². The molecule has 0 amide bonds. The molecule has 2 heterocycles. The summed E-state index contributed by atoms with van der Waals surface area (Å²) in [6.45, 7) is 0. The number of aromatic nitrogens is 2. The van der Waals surface area contributed by atoms with Gasteiger partial charge in [0.05, 0.1) is 0 Å². The Labute approximate surface area is 95.3 Å². The quantitative estimate of drug-likeness (QED) is 0.618. The molecule has 0 saturated heterocycles. The van der Waals surface area contributed by atoms with Gasteiger partial charge in [-0.2, -0.15) is 0 Å². The van der Waals surface area contributed by atoms with Gasteiger partial charge in [-0.15, -0.1) is 0 Å². The third-order valence-corrected chi connectivity index (χ3v) is 2.43. The average Bonchev–Trinajstić information content (AvgIpc) is 2.30. The SMILES string of the molecule is O=Cc1cncc(-c2ccc(Br)nc2)c1. The van der Waals surface area contributed by atoms with E-state index in [1.807, 2.05) is 12.1 Å². The van der Waals surface area contributed by atoms with Crippen molar-refractivity contribution in [3.05, 3.63) is 47.0 Å². The van der Waals surface area contributed by atoms with Gasteiger partial charge in [0.2, 0.25) is 0 Å². The van der Waals surface area contributed by atoms with E-state index in [0.29, 0.717) is 5.56 Å². The molecule has 0 unspecified atom stereocenters. The molecule has 0 spiro atoms. The van der Waals surface area contributed by atoms with Gasteiger partial charge < -0.3 is 0 Å². The van der Waals surface area contributed by atoms with Gasteiger partial charge >= 0.3 is 0 Å². The van der Waals surface area contributed by atoms with E-state index >= 15 is 0 Å². The predicted molar refractivity (Wildman–Crippen MR) is 60.6 cm³/mol. The van der Waals surface area contributed by atoms with Crippen LogP contribution in [0.4, 0.5) is 0 Å². The lowest BCUT2D eigenvalue weighted by atomic mass is 10.1. The molecular formula is C11H7BrN2O. The molecule has 0 N–H and O–H groups in total. The van der Waals surface area contributed by atoms with Crippen molar-refractivity contribution in [3.63, 3.8) is 0 Å². The molecule has 4 heteroatoms. The average molecular weight is 263 g/mol. The largest absolute Gasteiger partial charge is 0.298 e. The lowest BCUT2D eigenvalue weighted by molar-refractivity contribution is 0.112. The van der Waals surface area contributed by atoms with Gasteiger partial charge in [-0.1, -0.05) is 6.07 Å². The van der Waals surface area contributed by atoms with Crippen molar-refractivity contribution in [2.45, 2.75) is 0 Å². The van der Waals surface area contributed by atoms with Gasteiger partial charge in [0, 0.05) is 35.3 Å². The summed E-state index contributed by atoms with van der Waals surface area (Å²) in [5.41, 5.74) is 2.39. The second-order valence-corrected chi connectivity index (χ2v) is 3.81. The summed E-state index contributed by atoms with van der Waals surface area (Å²) in [5.74, 6) is 0. The number of rotatable bonds is 2. The number of nitrogens with zero attached hydrogens (tertiary/aromatic N) is 2. The van der Waals surface area contributed by atoms with E-state index in [2.05, 4.69) is 25.9 Å². The zero-order chi connectivity index (χ0) is 10.7. The van der Waals surface area contributed by atoms with Crippen LogP contribution in [0, 0.1) is 0 Å². The fraction of sp³-hybridized carbons (Fsp3) is 0. The Hall–Kier alpha value is -1.55. The third-order valence-electron chi connectivity index (χ3n) is 1.96. The van der Waals surface area contributed by atoms with Gasteiger partial charge in [-0.3, -0.25) is 9.78 Å². The Morgan fingerprint density at radius 3 is 2.67 bits per heavy atom. The fourth-order valence-electron chi connectivity index (χ4n) is 1.23. The van der Waals surface area contributed by atoms with E-state index in [0.717, 1.165) is 22.0 Å². The minimum atomic E-state index is 0.565. The van der Waals surface area contributed by atoms with Gasteiger partial charge in [0.15, 0.2) is 6.29 Å². The number of carbonyl (C=O) groups excluding carboxylic acids is 1. The van der Waals surface area contributed by atoms with Crippen LogP contribution in [0.25, 0.3) is 11.1 Å². The second-order valence-electron chi connectivity index (χ2n) is 2.99. The fourth-order valence-corrected chi connectivity index (χ4v) is 1.46. The number of hydrogen-bond acceptors (Lipinski definition) is 3. The summed E-state index contributed by atoms with van der Waals surface area (Å²) in [4.78, 5) is 18.7. The summed E-state index contributed by atoms with van der Waals surface area (Å²) in [6, 6.07) is 5.55. The molecule has 2 rings (SSSR count). The Morgan fingerprint density at radius 2 is 2.00 bits per heavy atom. The van der Waals surface area contributed by atoms with Crippen LogP contribution < -0.4 is 0 Å². The highest BCUT2D eigenvalue weighted by Gasteiger charge is 1.99. The Bertz CT molecular complexity index is 482. The molecule has 0 bridgehead atoms. The molecule has 0 atom stereocenters. The molecule has 0 fully saturated rings. The van der Waals surface area contributed by atoms with Crippen molar-refractivity contribution < 1.29 is 4.79 Å². The molecule has 0 aliphatic rings. The molecule has 0 aromatic carbocycles. The number of hydrogen-bond donors (Lipinski definition) is 0. The molecule has 15 heavy (non-hydrogen) atoms. The summed E-state index contributed by atoms with van der Waals surface area (Å²) < 4.78 is 0.783. The Kier molecular flexibility index (Phi) is 2.87. The van der Waals surface area contributed by atoms with Crippen LogP contribution in [0.3, 0.4) is 0 Å². The first-order valence-electron chi connectivity index (χ1n) is 4.32. The van der Waals surface area contributed by atoms with E-state index < -0.39 is 0 Å². The zero-order valence-electron chi connectivity index (χ0n) is 7.72. The Balaban J connectivity index is 2.44. The highest BCUT2D eigenvalue weighted by molar-refractivity contribution is 9.10. The standard InChI is InChI=1S/C11H7BrN2O/c12-11-2-1-9(6-14-11)10-3-8(7-15)4-13-5-10/h1-7H. The van der Waals surface area contributed by atoms with Gasteiger partial charge in [-0.25, -0.2) is 4.98 Å². The van der Waals surface area contributed by atoms with Crippen LogP contribution >= 0.6 is 15.9 Å². The smallest absolute Gasteiger partial charge is 0.151 e. The number of pyridine rings is 2. The monoisotopic (exact) mass is 262 g/mol. The molecule has 74 valence electrons. The van der Waals surface area contributed by atoms with Crippen molar-refractivity contribution in [3.8, 4) is 11.1 Å². The van der Waals surface area contributed by atoms with Crippen molar-refractivity contribution in [1.82, 2.24) is 9.97 Å². The minimum absolute atomic E-state index is 0.565. The molecule has 0 aliphatic heterocycles. The zero-order valence-corrected chi connectivity index (χ0v) is 9.31. The Morgan fingerprint density at radius 1 is 1.13 bits per heavy atom. The molecule has 3 nitrogen and oxygen atoms in total. The predicted octanol–water partition coefficient (Wildman–Crippen LogP) is 2.72. The van der Waals surface area contributed by atoms with Crippen LogP contribution in [-0.2, 0) is 0 Å². The summed E-state index contributed by atoms with van der Waals surface area (Å²) in [6.07, 6.45) is 5.75.